The van der Waals surface area contributed by atoms with Gasteiger partial charge in [0.15, 0.2) is 11.5 Å². The molecule has 2 heterocycles. The Balaban J connectivity index is 1.37. The van der Waals surface area contributed by atoms with Crippen LogP contribution in [0.25, 0.3) is 0 Å². The minimum Gasteiger partial charge on any atom is -0.486 e. The molecular weight excluding hydrogens is 334 g/mol. The van der Waals surface area contributed by atoms with Crippen LogP contribution in [0.2, 0.25) is 0 Å². The summed E-state index contributed by atoms with van der Waals surface area (Å²) in [5, 5.41) is 2.98. The molecule has 2 fully saturated rings. The average molecular weight is 359 g/mol. The number of hydrogen-bond acceptors (Lipinski definition) is 4. The summed E-state index contributed by atoms with van der Waals surface area (Å²) >= 11 is 0. The highest BCUT2D eigenvalue weighted by Gasteiger charge is 2.40. The van der Waals surface area contributed by atoms with Crippen LogP contribution in [0.1, 0.15) is 32.3 Å². The molecule has 1 saturated carbocycles. The zero-order valence-electron chi connectivity index (χ0n) is 15.3. The van der Waals surface area contributed by atoms with Crippen molar-refractivity contribution in [3.05, 3.63) is 23.8 Å². The van der Waals surface area contributed by atoms with Crippen molar-refractivity contribution in [1.82, 2.24) is 15.1 Å². The largest absolute Gasteiger partial charge is 0.486 e. The van der Waals surface area contributed by atoms with Crippen LogP contribution in [-0.4, -0.2) is 60.8 Å². The first-order chi connectivity index (χ1) is 12.4. The number of rotatable bonds is 4. The first-order valence-electron chi connectivity index (χ1n) is 9.16. The normalized spacial score (nSPS) is 19.7. The summed E-state index contributed by atoms with van der Waals surface area (Å²) in [5.74, 6) is 1.56. The van der Waals surface area contributed by atoms with Crippen LogP contribution in [0.3, 0.4) is 0 Å². The van der Waals surface area contributed by atoms with Gasteiger partial charge < -0.3 is 19.7 Å². The van der Waals surface area contributed by atoms with E-state index in [2.05, 4.69) is 19.2 Å². The first-order valence-corrected chi connectivity index (χ1v) is 9.16. The van der Waals surface area contributed by atoms with Crippen molar-refractivity contribution in [3.63, 3.8) is 0 Å². The van der Waals surface area contributed by atoms with Gasteiger partial charge in [-0.3, -0.25) is 9.69 Å². The molecule has 7 nitrogen and oxygen atoms in total. The van der Waals surface area contributed by atoms with Crippen LogP contribution in [-0.2, 0) is 10.2 Å². The SMILES string of the molecule is CC(C)(CNC(=O)N1CC(=O)N(C2CC2)C1)c1ccc2c(c1)OCCO2. The van der Waals surface area contributed by atoms with Gasteiger partial charge in [-0.15, -0.1) is 0 Å². The van der Waals surface area contributed by atoms with E-state index in [1.54, 1.807) is 4.90 Å². The number of amides is 3. The molecule has 140 valence electrons. The maximum atomic E-state index is 12.5. The maximum Gasteiger partial charge on any atom is 0.319 e. The molecule has 1 aromatic carbocycles. The lowest BCUT2D eigenvalue weighted by molar-refractivity contribution is -0.127. The van der Waals surface area contributed by atoms with Gasteiger partial charge in [-0.25, -0.2) is 4.79 Å². The predicted octanol–water partition coefficient (Wildman–Crippen LogP) is 1.71. The number of fused-ring (bicyclic) bond motifs is 1. The zero-order chi connectivity index (χ0) is 18.3. The summed E-state index contributed by atoms with van der Waals surface area (Å²) in [6, 6.07) is 6.06. The van der Waals surface area contributed by atoms with E-state index in [0.717, 1.165) is 29.9 Å². The number of nitrogens with one attached hydrogen (secondary N) is 1. The van der Waals surface area contributed by atoms with Gasteiger partial charge in [0.2, 0.25) is 5.91 Å². The molecule has 3 amide bonds. The lowest BCUT2D eigenvalue weighted by Gasteiger charge is -2.28. The Morgan fingerprint density at radius 3 is 2.69 bits per heavy atom. The minimum atomic E-state index is -0.272. The molecular formula is C19H25N3O4. The van der Waals surface area contributed by atoms with Gasteiger partial charge in [-0.1, -0.05) is 19.9 Å². The molecule has 1 aliphatic carbocycles. The van der Waals surface area contributed by atoms with E-state index in [-0.39, 0.29) is 23.9 Å². The highest BCUT2D eigenvalue weighted by Crippen LogP contribution is 2.35. The molecule has 1 aromatic rings. The quantitative estimate of drug-likeness (QED) is 0.888. The number of nitrogens with zero attached hydrogens (tertiary/aromatic N) is 2. The summed E-state index contributed by atoms with van der Waals surface area (Å²) in [6.45, 7) is 6.31. The number of carbonyl (C=O) groups excluding carboxylic acids is 2. The van der Waals surface area contributed by atoms with Crippen LogP contribution < -0.4 is 14.8 Å². The lowest BCUT2D eigenvalue weighted by atomic mass is 9.84. The summed E-state index contributed by atoms with van der Waals surface area (Å²) in [7, 11) is 0. The highest BCUT2D eigenvalue weighted by atomic mass is 16.6. The van der Waals surface area contributed by atoms with Crippen molar-refractivity contribution < 1.29 is 19.1 Å². The lowest BCUT2D eigenvalue weighted by Crippen LogP contribution is -2.44. The minimum absolute atomic E-state index is 0.0498. The van der Waals surface area contributed by atoms with Gasteiger partial charge in [-0.2, -0.15) is 0 Å². The molecule has 26 heavy (non-hydrogen) atoms. The number of benzene rings is 1. The molecule has 1 saturated heterocycles. The molecule has 3 aliphatic rings. The predicted molar refractivity (Wildman–Crippen MR) is 95.3 cm³/mol. The van der Waals surface area contributed by atoms with E-state index in [0.29, 0.717) is 32.5 Å². The number of urea groups is 1. The molecule has 0 spiro atoms. The van der Waals surface area contributed by atoms with Crippen molar-refractivity contribution in [2.24, 2.45) is 0 Å². The van der Waals surface area contributed by atoms with Crippen molar-refractivity contribution in [2.75, 3.05) is 33.0 Å². The topological polar surface area (TPSA) is 71.1 Å². The molecule has 0 aromatic heterocycles. The Bertz CT molecular complexity index is 729. The number of carbonyl (C=O) groups is 2. The van der Waals surface area contributed by atoms with Gasteiger partial charge in [-0.05, 0) is 30.5 Å². The van der Waals surface area contributed by atoms with Crippen LogP contribution in [0.5, 0.6) is 11.5 Å². The molecule has 0 unspecified atom stereocenters. The third-order valence-electron chi connectivity index (χ3n) is 5.25. The molecule has 4 rings (SSSR count). The second-order valence-corrected chi connectivity index (χ2v) is 7.84. The van der Waals surface area contributed by atoms with E-state index in [9.17, 15) is 9.59 Å². The van der Waals surface area contributed by atoms with Crippen molar-refractivity contribution in [2.45, 2.75) is 38.1 Å². The Morgan fingerprint density at radius 2 is 1.96 bits per heavy atom. The van der Waals surface area contributed by atoms with E-state index < -0.39 is 0 Å². The van der Waals surface area contributed by atoms with Crippen LogP contribution in [0.4, 0.5) is 4.79 Å². The van der Waals surface area contributed by atoms with Crippen molar-refractivity contribution >= 4 is 11.9 Å². The van der Waals surface area contributed by atoms with E-state index in [4.69, 9.17) is 9.47 Å². The Hall–Kier alpha value is -2.44. The van der Waals surface area contributed by atoms with Crippen LogP contribution in [0.15, 0.2) is 18.2 Å². The van der Waals surface area contributed by atoms with Gasteiger partial charge in [0.25, 0.3) is 0 Å². The Kier molecular flexibility index (Phi) is 4.17. The molecule has 7 heteroatoms. The summed E-state index contributed by atoms with van der Waals surface area (Å²) in [5.41, 5.74) is 0.796. The highest BCUT2D eigenvalue weighted by molar-refractivity contribution is 5.87. The first kappa shape index (κ1) is 17.0. The van der Waals surface area contributed by atoms with E-state index >= 15 is 0 Å². The van der Waals surface area contributed by atoms with Crippen LogP contribution in [0, 0.1) is 0 Å². The molecule has 0 radical (unpaired) electrons. The summed E-state index contributed by atoms with van der Waals surface area (Å²) in [4.78, 5) is 27.9. The van der Waals surface area contributed by atoms with Gasteiger partial charge >= 0.3 is 6.03 Å². The number of ether oxygens (including phenoxy) is 2. The molecule has 0 atom stereocenters. The van der Waals surface area contributed by atoms with Crippen LogP contribution >= 0.6 is 0 Å². The third-order valence-corrected chi connectivity index (χ3v) is 5.25. The second kappa shape index (κ2) is 6.37. The Morgan fingerprint density at radius 1 is 1.23 bits per heavy atom. The summed E-state index contributed by atoms with van der Waals surface area (Å²) < 4.78 is 11.2. The standard InChI is InChI=1S/C19H25N3O4/c1-19(2,13-3-6-15-16(9-13)26-8-7-25-15)11-20-18(24)21-10-17(23)22(12-21)14-4-5-14/h3,6,9,14H,4-5,7-8,10-12H2,1-2H3,(H,20,24). The van der Waals surface area contributed by atoms with E-state index in [1.165, 1.54) is 0 Å². The number of hydrogen-bond donors (Lipinski definition) is 1. The zero-order valence-corrected chi connectivity index (χ0v) is 15.3. The van der Waals surface area contributed by atoms with Crippen molar-refractivity contribution in [1.29, 1.82) is 0 Å². The van der Waals surface area contributed by atoms with Gasteiger partial charge in [0.1, 0.15) is 19.8 Å². The molecule has 0 bridgehead atoms. The van der Waals surface area contributed by atoms with Gasteiger partial charge in [0.05, 0.1) is 6.67 Å². The second-order valence-electron chi connectivity index (χ2n) is 7.84. The summed E-state index contributed by atoms with van der Waals surface area (Å²) in [6.07, 6.45) is 2.11. The molecule has 2 aliphatic heterocycles. The maximum absolute atomic E-state index is 12.5. The fourth-order valence-electron chi connectivity index (χ4n) is 3.38. The monoisotopic (exact) mass is 359 g/mol. The van der Waals surface area contributed by atoms with Crippen molar-refractivity contribution in [3.8, 4) is 11.5 Å². The van der Waals surface area contributed by atoms with Gasteiger partial charge in [0, 0.05) is 18.0 Å². The Labute approximate surface area is 153 Å². The smallest absolute Gasteiger partial charge is 0.319 e. The van der Waals surface area contributed by atoms with E-state index in [1.807, 2.05) is 23.1 Å². The fourth-order valence-corrected chi connectivity index (χ4v) is 3.38. The third kappa shape index (κ3) is 3.30. The fraction of sp³-hybridized carbons (Fsp3) is 0.579. The molecule has 1 N–H and O–H groups in total. The average Bonchev–Trinajstić information content (AvgIpc) is 3.41.